The van der Waals surface area contributed by atoms with E-state index in [0.29, 0.717) is 29.1 Å². The van der Waals surface area contributed by atoms with Gasteiger partial charge in [0.05, 0.1) is 11.5 Å². The summed E-state index contributed by atoms with van der Waals surface area (Å²) in [6.45, 7) is 17.9. The SMILES string of the molecule is C=C1/C(=C\C=C2/CCC[C@@]3(C)C2CCC3[C@H](C)/C=C/C(OC)C(C)(C)C=O)C[C@@H](C)C[C@@H]1C. The molecule has 3 aliphatic rings. The number of allylic oxidation sites excluding steroid dienone is 6. The van der Waals surface area contributed by atoms with Crippen LogP contribution in [0.15, 0.2) is 47.6 Å². The molecule has 2 heteroatoms. The van der Waals surface area contributed by atoms with E-state index in [4.69, 9.17) is 4.74 Å². The van der Waals surface area contributed by atoms with Crippen LogP contribution in [0.3, 0.4) is 0 Å². The third-order valence-electron chi connectivity index (χ3n) is 9.38. The lowest BCUT2D eigenvalue weighted by Crippen LogP contribution is -2.36. The van der Waals surface area contributed by atoms with E-state index in [9.17, 15) is 4.79 Å². The zero-order valence-electron chi connectivity index (χ0n) is 22.3. The second kappa shape index (κ2) is 10.5. The highest BCUT2D eigenvalue weighted by Gasteiger charge is 2.50. The van der Waals surface area contributed by atoms with Crippen LogP contribution >= 0.6 is 0 Å². The minimum absolute atomic E-state index is 0.177. The summed E-state index contributed by atoms with van der Waals surface area (Å²) in [5, 5.41) is 0. The molecule has 184 valence electrons. The van der Waals surface area contributed by atoms with Crippen molar-refractivity contribution in [2.45, 2.75) is 92.6 Å². The van der Waals surface area contributed by atoms with Crippen LogP contribution in [0.25, 0.3) is 0 Å². The molecule has 0 aromatic heterocycles. The van der Waals surface area contributed by atoms with Crippen molar-refractivity contribution >= 4 is 6.29 Å². The van der Waals surface area contributed by atoms with E-state index in [1.807, 2.05) is 13.8 Å². The predicted octanol–water partition coefficient (Wildman–Crippen LogP) is 8.11. The summed E-state index contributed by atoms with van der Waals surface area (Å²) in [7, 11) is 1.70. The van der Waals surface area contributed by atoms with Crippen LogP contribution in [0, 0.1) is 40.4 Å². The molecule has 0 amide bonds. The van der Waals surface area contributed by atoms with Gasteiger partial charge in [-0.3, -0.25) is 0 Å². The van der Waals surface area contributed by atoms with Gasteiger partial charge in [0.25, 0.3) is 0 Å². The zero-order chi connectivity index (χ0) is 24.4. The van der Waals surface area contributed by atoms with Crippen molar-refractivity contribution in [1.82, 2.24) is 0 Å². The summed E-state index contributed by atoms with van der Waals surface area (Å²) in [5.41, 5.74) is 4.37. The number of ether oxygens (including phenoxy) is 1. The van der Waals surface area contributed by atoms with Crippen LogP contribution in [0.2, 0.25) is 0 Å². The van der Waals surface area contributed by atoms with Gasteiger partial charge in [0.1, 0.15) is 6.29 Å². The molecule has 7 atom stereocenters. The number of rotatable bonds is 7. The quantitative estimate of drug-likeness (QED) is 0.288. The first-order valence-corrected chi connectivity index (χ1v) is 13.3. The molecular formula is C31H48O2. The maximum absolute atomic E-state index is 11.5. The fraction of sp³-hybridized carbons (Fsp3) is 0.710. The van der Waals surface area contributed by atoms with Crippen LogP contribution in [-0.4, -0.2) is 19.5 Å². The summed E-state index contributed by atoms with van der Waals surface area (Å²) in [4.78, 5) is 11.5. The highest BCUT2D eigenvalue weighted by molar-refractivity contribution is 5.59. The molecule has 0 N–H and O–H groups in total. The van der Waals surface area contributed by atoms with E-state index in [1.165, 1.54) is 56.1 Å². The fourth-order valence-electron chi connectivity index (χ4n) is 7.29. The van der Waals surface area contributed by atoms with Gasteiger partial charge >= 0.3 is 0 Å². The van der Waals surface area contributed by atoms with Gasteiger partial charge in [0.15, 0.2) is 0 Å². The lowest BCUT2D eigenvalue weighted by Gasteiger charge is -2.44. The summed E-state index contributed by atoms with van der Waals surface area (Å²) in [6, 6.07) is 0. The van der Waals surface area contributed by atoms with Gasteiger partial charge in [0.2, 0.25) is 0 Å². The van der Waals surface area contributed by atoms with Gasteiger partial charge in [-0.15, -0.1) is 0 Å². The van der Waals surface area contributed by atoms with Gasteiger partial charge in [-0.1, -0.05) is 78.0 Å². The lowest BCUT2D eigenvalue weighted by molar-refractivity contribution is -0.119. The van der Waals surface area contributed by atoms with Crippen LogP contribution in [-0.2, 0) is 9.53 Å². The van der Waals surface area contributed by atoms with Crippen LogP contribution < -0.4 is 0 Å². The monoisotopic (exact) mass is 452 g/mol. The van der Waals surface area contributed by atoms with Crippen molar-refractivity contribution < 1.29 is 9.53 Å². The lowest BCUT2D eigenvalue weighted by atomic mass is 9.61. The Hall–Kier alpha value is -1.41. The Balaban J connectivity index is 1.77. The Bertz CT molecular complexity index is 813. The molecule has 0 saturated heterocycles. The largest absolute Gasteiger partial charge is 0.376 e. The van der Waals surface area contributed by atoms with Crippen molar-refractivity contribution in [3.63, 3.8) is 0 Å². The van der Waals surface area contributed by atoms with Crippen molar-refractivity contribution in [2.75, 3.05) is 7.11 Å². The van der Waals surface area contributed by atoms with Gasteiger partial charge < -0.3 is 9.53 Å². The van der Waals surface area contributed by atoms with Crippen molar-refractivity contribution in [3.05, 3.63) is 47.6 Å². The third kappa shape index (κ3) is 5.47. The van der Waals surface area contributed by atoms with Crippen molar-refractivity contribution in [3.8, 4) is 0 Å². The molecule has 3 aliphatic carbocycles. The number of aldehydes is 1. The number of hydrogen-bond donors (Lipinski definition) is 0. The predicted molar refractivity (Wildman–Crippen MR) is 140 cm³/mol. The first-order valence-electron chi connectivity index (χ1n) is 13.3. The van der Waals surface area contributed by atoms with Crippen molar-refractivity contribution in [2.24, 2.45) is 40.4 Å². The molecule has 3 unspecified atom stereocenters. The Labute approximate surface area is 203 Å². The topological polar surface area (TPSA) is 26.3 Å². The van der Waals surface area contributed by atoms with Gasteiger partial charge in [0, 0.05) is 7.11 Å². The van der Waals surface area contributed by atoms with Crippen molar-refractivity contribution in [1.29, 1.82) is 0 Å². The molecule has 0 heterocycles. The molecule has 3 fully saturated rings. The summed E-state index contributed by atoms with van der Waals surface area (Å²) in [5.74, 6) is 3.23. The zero-order valence-corrected chi connectivity index (χ0v) is 22.3. The van der Waals surface area contributed by atoms with E-state index in [2.05, 4.69) is 58.6 Å². The molecule has 3 rings (SSSR count). The number of carbonyl (C=O) groups is 1. The Morgan fingerprint density at radius 3 is 2.58 bits per heavy atom. The molecule has 0 spiro atoms. The smallest absolute Gasteiger partial charge is 0.128 e. The minimum Gasteiger partial charge on any atom is -0.376 e. The van der Waals surface area contributed by atoms with Gasteiger partial charge in [-0.25, -0.2) is 0 Å². The van der Waals surface area contributed by atoms with Crippen LogP contribution in [0.1, 0.15) is 86.5 Å². The number of carbonyl (C=O) groups excluding carboxylic acids is 1. The summed E-state index contributed by atoms with van der Waals surface area (Å²) < 4.78 is 5.64. The highest BCUT2D eigenvalue weighted by atomic mass is 16.5. The third-order valence-corrected chi connectivity index (χ3v) is 9.38. The maximum atomic E-state index is 11.5. The highest BCUT2D eigenvalue weighted by Crippen LogP contribution is 2.59. The fourth-order valence-corrected chi connectivity index (χ4v) is 7.29. The molecule has 2 nitrogen and oxygen atoms in total. The van der Waals surface area contributed by atoms with Gasteiger partial charge in [-0.05, 0) is 91.1 Å². The average molecular weight is 453 g/mol. The molecule has 3 saturated carbocycles. The maximum Gasteiger partial charge on any atom is 0.128 e. The Kier molecular flexibility index (Phi) is 8.31. The Morgan fingerprint density at radius 1 is 1.18 bits per heavy atom. The van der Waals surface area contributed by atoms with E-state index in [1.54, 1.807) is 12.7 Å². The van der Waals surface area contributed by atoms with Crippen LogP contribution in [0.5, 0.6) is 0 Å². The van der Waals surface area contributed by atoms with E-state index >= 15 is 0 Å². The molecule has 0 aromatic carbocycles. The van der Waals surface area contributed by atoms with E-state index in [0.717, 1.165) is 12.2 Å². The van der Waals surface area contributed by atoms with Gasteiger partial charge in [-0.2, -0.15) is 0 Å². The minimum atomic E-state index is -0.501. The summed E-state index contributed by atoms with van der Waals surface area (Å²) in [6.07, 6.45) is 19.1. The van der Waals surface area contributed by atoms with E-state index in [-0.39, 0.29) is 6.10 Å². The first-order chi connectivity index (χ1) is 15.5. The second-order valence-corrected chi connectivity index (χ2v) is 12.3. The average Bonchev–Trinajstić information content (AvgIpc) is 3.12. The summed E-state index contributed by atoms with van der Waals surface area (Å²) >= 11 is 0. The molecule has 0 radical (unpaired) electrons. The van der Waals surface area contributed by atoms with Crippen LogP contribution in [0.4, 0.5) is 0 Å². The number of methoxy groups -OCH3 is 1. The molecule has 0 aliphatic heterocycles. The standard InChI is InChI=1S/C31H48O2/c1-21-18-23(3)24(4)26(19-21)13-12-25-10-9-17-31(7)27(14-15-28(25)31)22(2)11-16-29(33-8)30(5,6)20-32/h11-13,16,20-23,27-29H,4,9-10,14-15,17-19H2,1-3,5-8H3/b16-11+,25-12+,26-13-/t21-,22+,23-,27?,28?,29?,31+/m0/s1. The Morgan fingerprint density at radius 2 is 1.91 bits per heavy atom. The molecule has 33 heavy (non-hydrogen) atoms. The first kappa shape index (κ1) is 26.2. The molecule has 0 aromatic rings. The van der Waals surface area contributed by atoms with E-state index < -0.39 is 5.41 Å². The number of fused-ring (bicyclic) bond motifs is 1. The molecular weight excluding hydrogens is 404 g/mol. The molecule has 0 bridgehead atoms. The number of hydrogen-bond acceptors (Lipinski definition) is 2. The second-order valence-electron chi connectivity index (χ2n) is 12.3. The normalized spacial score (nSPS) is 37.5.